The Morgan fingerprint density at radius 1 is 0.638 bits per heavy atom. The van der Waals surface area contributed by atoms with E-state index in [9.17, 15) is 28.8 Å². The van der Waals surface area contributed by atoms with Crippen molar-refractivity contribution in [1.82, 2.24) is 15.1 Å². The number of hydrogen-bond acceptors (Lipinski definition) is 9. The fraction of sp³-hybridized carbons (Fsp3) is 0.200. The van der Waals surface area contributed by atoms with E-state index in [4.69, 9.17) is 21.1 Å². The van der Waals surface area contributed by atoms with Crippen LogP contribution in [0.25, 0.3) is 0 Å². The summed E-state index contributed by atoms with van der Waals surface area (Å²) in [6.45, 7) is 2.38. The molecular formula is C35H28ClN3O8. The number of benzene rings is 3. The summed E-state index contributed by atoms with van der Waals surface area (Å²) in [6, 6.07) is 19.6. The highest BCUT2D eigenvalue weighted by Gasteiger charge is 2.40. The van der Waals surface area contributed by atoms with Gasteiger partial charge >= 0.3 is 11.9 Å². The lowest BCUT2D eigenvalue weighted by atomic mass is 9.80. The number of dihydropyridines is 1. The average Bonchev–Trinajstić information content (AvgIpc) is 3.45. The highest BCUT2D eigenvalue weighted by atomic mass is 35.5. The van der Waals surface area contributed by atoms with E-state index in [2.05, 4.69) is 5.32 Å². The van der Waals surface area contributed by atoms with Gasteiger partial charge in [-0.3, -0.25) is 29.0 Å². The van der Waals surface area contributed by atoms with E-state index in [0.29, 0.717) is 17.0 Å². The number of fused-ring (bicyclic) bond motifs is 2. The molecule has 3 aliphatic heterocycles. The van der Waals surface area contributed by atoms with Crippen LogP contribution in [0.5, 0.6) is 0 Å². The van der Waals surface area contributed by atoms with Crippen molar-refractivity contribution in [2.45, 2.75) is 19.8 Å². The van der Waals surface area contributed by atoms with Gasteiger partial charge in [-0.25, -0.2) is 9.59 Å². The van der Waals surface area contributed by atoms with Gasteiger partial charge in [0.05, 0.1) is 52.4 Å². The lowest BCUT2D eigenvalue weighted by Crippen LogP contribution is -2.36. The number of carbonyl (C=O) groups is 6. The molecule has 47 heavy (non-hydrogen) atoms. The molecule has 3 aliphatic rings. The molecule has 0 bridgehead atoms. The summed E-state index contributed by atoms with van der Waals surface area (Å²) in [4.78, 5) is 80.5. The topological polar surface area (TPSA) is 139 Å². The second-order valence-electron chi connectivity index (χ2n) is 11.0. The van der Waals surface area contributed by atoms with Crippen LogP contribution in [0.15, 0.2) is 95.3 Å². The van der Waals surface area contributed by atoms with Crippen molar-refractivity contribution >= 4 is 47.2 Å². The molecule has 0 aromatic heterocycles. The maximum atomic E-state index is 13.7. The smallest absolute Gasteiger partial charge is 0.336 e. The van der Waals surface area contributed by atoms with Gasteiger partial charge in [-0.1, -0.05) is 54.1 Å². The molecule has 0 aliphatic carbocycles. The first-order valence-corrected chi connectivity index (χ1v) is 15.2. The second kappa shape index (κ2) is 12.7. The minimum Gasteiger partial charge on any atom is -0.460 e. The van der Waals surface area contributed by atoms with Crippen LogP contribution in [0.2, 0.25) is 5.02 Å². The molecule has 0 radical (unpaired) electrons. The van der Waals surface area contributed by atoms with E-state index in [1.807, 2.05) is 0 Å². The maximum Gasteiger partial charge on any atom is 0.336 e. The number of rotatable bonds is 9. The van der Waals surface area contributed by atoms with Crippen LogP contribution in [0, 0.1) is 0 Å². The van der Waals surface area contributed by atoms with Gasteiger partial charge in [0.2, 0.25) is 0 Å². The highest BCUT2D eigenvalue weighted by Crippen LogP contribution is 2.42. The van der Waals surface area contributed by atoms with Gasteiger partial charge in [-0.15, -0.1) is 0 Å². The van der Waals surface area contributed by atoms with Crippen molar-refractivity contribution in [3.05, 3.63) is 128 Å². The first kappa shape index (κ1) is 31.4. The second-order valence-corrected chi connectivity index (χ2v) is 11.5. The van der Waals surface area contributed by atoms with Crippen LogP contribution in [-0.2, 0) is 19.1 Å². The first-order valence-electron chi connectivity index (χ1n) is 14.8. The molecular weight excluding hydrogens is 626 g/mol. The van der Waals surface area contributed by atoms with Gasteiger partial charge in [0.25, 0.3) is 23.6 Å². The Morgan fingerprint density at radius 3 is 1.38 bits per heavy atom. The molecule has 12 heteroatoms. The number of carbonyl (C=O) groups excluding carboxylic acids is 6. The molecule has 3 aromatic rings. The minimum atomic E-state index is -1.01. The van der Waals surface area contributed by atoms with Gasteiger partial charge < -0.3 is 14.8 Å². The Hall–Kier alpha value is -5.55. The van der Waals surface area contributed by atoms with Crippen LogP contribution >= 0.6 is 11.6 Å². The average molecular weight is 654 g/mol. The van der Waals surface area contributed by atoms with Crippen molar-refractivity contribution in [2.24, 2.45) is 0 Å². The quantitative estimate of drug-likeness (QED) is 0.265. The zero-order valence-electron chi connectivity index (χ0n) is 25.4. The van der Waals surface area contributed by atoms with E-state index in [1.54, 1.807) is 86.6 Å². The fourth-order valence-corrected chi connectivity index (χ4v) is 6.30. The summed E-state index contributed by atoms with van der Waals surface area (Å²) < 4.78 is 11.2. The van der Waals surface area contributed by atoms with Crippen LogP contribution in [0.3, 0.4) is 0 Å². The third kappa shape index (κ3) is 5.59. The largest absolute Gasteiger partial charge is 0.460 e. The van der Waals surface area contributed by atoms with Gasteiger partial charge in [0.15, 0.2) is 0 Å². The molecule has 3 aromatic carbocycles. The number of imide groups is 2. The van der Waals surface area contributed by atoms with Crippen molar-refractivity contribution in [3.8, 4) is 0 Å². The number of esters is 2. The molecule has 6 rings (SSSR count). The number of halogens is 1. The van der Waals surface area contributed by atoms with Crippen molar-refractivity contribution < 1.29 is 38.2 Å². The predicted molar refractivity (Wildman–Crippen MR) is 168 cm³/mol. The SMILES string of the molecule is CC1=C(C(=O)OCCN2C(=O)c3ccccc3C2=O)C(c2ccccc2Cl)C(C(=O)OCCN2C(=O)c3ccccc3C2=O)=C(C)N1. The Kier molecular flexibility index (Phi) is 8.48. The van der Waals surface area contributed by atoms with Gasteiger partial charge in [-0.2, -0.15) is 0 Å². The van der Waals surface area contributed by atoms with Gasteiger partial charge in [-0.05, 0) is 49.7 Å². The van der Waals surface area contributed by atoms with E-state index in [0.717, 1.165) is 9.80 Å². The zero-order valence-corrected chi connectivity index (χ0v) is 26.1. The Labute approximate surface area is 274 Å². The summed E-state index contributed by atoms with van der Waals surface area (Å²) in [7, 11) is 0. The number of ether oxygens (including phenoxy) is 2. The summed E-state index contributed by atoms with van der Waals surface area (Å²) in [5, 5.41) is 3.34. The summed E-state index contributed by atoms with van der Waals surface area (Å²) >= 11 is 6.59. The van der Waals surface area contributed by atoms with E-state index >= 15 is 0 Å². The molecule has 0 saturated heterocycles. The molecule has 0 spiro atoms. The highest BCUT2D eigenvalue weighted by molar-refractivity contribution is 6.31. The number of allylic oxidation sites excluding steroid dienone is 2. The van der Waals surface area contributed by atoms with Crippen LogP contribution < -0.4 is 5.32 Å². The lowest BCUT2D eigenvalue weighted by molar-refractivity contribution is -0.140. The van der Waals surface area contributed by atoms with Crippen molar-refractivity contribution in [3.63, 3.8) is 0 Å². The molecule has 3 heterocycles. The fourth-order valence-electron chi connectivity index (χ4n) is 6.05. The summed E-state index contributed by atoms with van der Waals surface area (Å²) in [5.74, 6) is -4.50. The zero-order chi connectivity index (χ0) is 33.4. The third-order valence-corrected chi connectivity index (χ3v) is 8.61. The molecule has 0 fully saturated rings. The molecule has 11 nitrogen and oxygen atoms in total. The Morgan fingerprint density at radius 2 is 1.00 bits per heavy atom. The molecule has 1 N–H and O–H groups in total. The molecule has 0 atom stereocenters. The van der Waals surface area contributed by atoms with E-state index < -0.39 is 41.5 Å². The van der Waals surface area contributed by atoms with Gasteiger partial charge in [0, 0.05) is 16.4 Å². The lowest BCUT2D eigenvalue weighted by Gasteiger charge is -2.31. The Balaban J connectivity index is 1.19. The molecule has 0 saturated carbocycles. The standard InChI is InChI=1S/C35H28ClN3O8/c1-19-27(34(44)46-17-15-38-30(40)21-9-3-4-10-22(21)31(38)41)29(25-13-7-8-14-26(25)36)28(20(2)37-19)35(45)47-18-16-39-32(42)23-11-5-6-12-24(23)33(39)43/h3-14,29,37H,15-18H2,1-2H3. The maximum absolute atomic E-state index is 13.7. The summed E-state index contributed by atoms with van der Waals surface area (Å²) in [5.41, 5.74) is 2.54. The summed E-state index contributed by atoms with van der Waals surface area (Å²) in [6.07, 6.45) is 0. The van der Waals surface area contributed by atoms with Crippen molar-refractivity contribution in [1.29, 1.82) is 0 Å². The van der Waals surface area contributed by atoms with Crippen LogP contribution in [0.1, 0.15) is 66.8 Å². The normalized spacial score (nSPS) is 16.1. The van der Waals surface area contributed by atoms with E-state index in [-0.39, 0.29) is 64.7 Å². The van der Waals surface area contributed by atoms with Crippen molar-refractivity contribution in [2.75, 3.05) is 26.3 Å². The third-order valence-electron chi connectivity index (χ3n) is 8.27. The predicted octanol–water partition coefficient (Wildman–Crippen LogP) is 4.25. The van der Waals surface area contributed by atoms with Crippen LogP contribution in [0.4, 0.5) is 0 Å². The number of amides is 4. The number of nitrogens with zero attached hydrogens (tertiary/aromatic N) is 2. The Bertz CT molecular complexity index is 1760. The van der Waals surface area contributed by atoms with Gasteiger partial charge in [0.1, 0.15) is 13.2 Å². The molecule has 238 valence electrons. The number of nitrogens with one attached hydrogen (secondary N) is 1. The molecule has 0 unspecified atom stereocenters. The van der Waals surface area contributed by atoms with E-state index in [1.165, 1.54) is 0 Å². The molecule has 4 amide bonds. The first-order chi connectivity index (χ1) is 22.6. The van der Waals surface area contributed by atoms with Crippen LogP contribution in [-0.4, -0.2) is 71.7 Å². The minimum absolute atomic E-state index is 0.0818. The number of hydrogen-bond donors (Lipinski definition) is 1. The monoisotopic (exact) mass is 653 g/mol.